The molecule has 0 heterocycles. The Labute approximate surface area is 121 Å². The number of unbranched alkanes of at least 4 members (excludes halogenated alkanes) is 1. The molecule has 0 bridgehead atoms. The van der Waals surface area contributed by atoms with E-state index < -0.39 is 10.0 Å². The molecule has 0 aromatic heterocycles. The summed E-state index contributed by atoms with van der Waals surface area (Å²) in [7, 11) is 0.307. The van der Waals surface area contributed by atoms with Gasteiger partial charge in [0.05, 0.1) is 12.9 Å². The lowest BCUT2D eigenvalue weighted by molar-refractivity contribution is 0.409. The van der Waals surface area contributed by atoms with Crippen molar-refractivity contribution in [2.45, 2.75) is 19.3 Å². The fourth-order valence-electron chi connectivity index (χ4n) is 1.92. The van der Waals surface area contributed by atoms with Crippen LogP contribution in [0.15, 0.2) is 24.3 Å². The molecule has 0 radical (unpaired) electrons. The van der Waals surface area contributed by atoms with E-state index in [0.717, 1.165) is 24.3 Å². The number of methoxy groups -OCH3 is 1. The summed E-state index contributed by atoms with van der Waals surface area (Å²) in [5.41, 5.74) is 1.01. The molecule has 2 N–H and O–H groups in total. The molecule has 1 rings (SSSR count). The van der Waals surface area contributed by atoms with E-state index in [2.05, 4.69) is 10.0 Å². The fourth-order valence-corrected chi connectivity index (χ4v) is 3.06. The van der Waals surface area contributed by atoms with Crippen molar-refractivity contribution in [1.29, 1.82) is 0 Å². The van der Waals surface area contributed by atoms with Gasteiger partial charge in [-0.05, 0) is 44.5 Å². The Hall–Kier alpha value is -1.11. The molecule has 0 saturated heterocycles. The molecule has 1 aromatic carbocycles. The highest BCUT2D eigenvalue weighted by atomic mass is 32.2. The topological polar surface area (TPSA) is 67.4 Å². The minimum atomic E-state index is -3.17. The third kappa shape index (κ3) is 6.36. The second-order valence-electron chi connectivity index (χ2n) is 4.59. The van der Waals surface area contributed by atoms with Gasteiger partial charge in [0, 0.05) is 6.54 Å². The van der Waals surface area contributed by atoms with Crippen LogP contribution in [0, 0.1) is 0 Å². The predicted octanol–water partition coefficient (Wildman–Crippen LogP) is 1.16. The molecule has 0 saturated carbocycles. The van der Waals surface area contributed by atoms with Crippen molar-refractivity contribution < 1.29 is 13.2 Å². The van der Waals surface area contributed by atoms with Gasteiger partial charge in [-0.2, -0.15) is 0 Å². The Kier molecular flexibility index (Phi) is 7.58. The molecule has 20 heavy (non-hydrogen) atoms. The summed E-state index contributed by atoms with van der Waals surface area (Å²) in [5.74, 6) is 0.973. The Bertz CT molecular complexity index is 489. The first-order valence-electron chi connectivity index (χ1n) is 6.83. The van der Waals surface area contributed by atoms with E-state index in [1.165, 1.54) is 0 Å². The molecule has 0 fully saturated rings. The standard InChI is InChI=1S/C14H24N2O3S/c1-15-10-5-6-12-20(17,18)16-11-9-13-7-3-4-8-14(13)19-2/h3-4,7-8,15-16H,5-6,9-12H2,1-2H3. The van der Waals surface area contributed by atoms with E-state index >= 15 is 0 Å². The number of hydrogen-bond acceptors (Lipinski definition) is 4. The largest absolute Gasteiger partial charge is 0.496 e. The molecule has 0 aliphatic heterocycles. The third-order valence-corrected chi connectivity index (χ3v) is 4.47. The summed E-state index contributed by atoms with van der Waals surface area (Å²) >= 11 is 0. The average molecular weight is 300 g/mol. The lowest BCUT2D eigenvalue weighted by atomic mass is 10.1. The zero-order valence-electron chi connectivity index (χ0n) is 12.2. The zero-order chi connectivity index (χ0) is 14.8. The summed E-state index contributed by atoms with van der Waals surface area (Å²) in [6.45, 7) is 1.24. The van der Waals surface area contributed by atoms with Gasteiger partial charge in [-0.1, -0.05) is 18.2 Å². The predicted molar refractivity (Wildman–Crippen MR) is 81.6 cm³/mol. The van der Waals surface area contributed by atoms with E-state index in [0.29, 0.717) is 19.4 Å². The molecule has 5 nitrogen and oxygen atoms in total. The van der Waals surface area contributed by atoms with Crippen LogP contribution in [0.4, 0.5) is 0 Å². The molecule has 0 unspecified atom stereocenters. The normalized spacial score (nSPS) is 11.5. The number of hydrogen-bond donors (Lipinski definition) is 2. The van der Waals surface area contributed by atoms with Crippen LogP contribution in [-0.4, -0.2) is 41.4 Å². The molecule has 6 heteroatoms. The van der Waals surface area contributed by atoms with Crippen molar-refractivity contribution in [3.63, 3.8) is 0 Å². The van der Waals surface area contributed by atoms with Gasteiger partial charge in [0.1, 0.15) is 5.75 Å². The van der Waals surface area contributed by atoms with E-state index in [1.54, 1.807) is 7.11 Å². The third-order valence-electron chi connectivity index (χ3n) is 3.00. The van der Waals surface area contributed by atoms with Crippen LogP contribution in [0.3, 0.4) is 0 Å². The Morgan fingerprint density at radius 1 is 1.15 bits per heavy atom. The van der Waals surface area contributed by atoms with Crippen molar-refractivity contribution >= 4 is 10.0 Å². The van der Waals surface area contributed by atoms with Crippen LogP contribution in [0.1, 0.15) is 18.4 Å². The molecule has 0 atom stereocenters. The van der Waals surface area contributed by atoms with Gasteiger partial charge in [-0.3, -0.25) is 0 Å². The van der Waals surface area contributed by atoms with Crippen molar-refractivity contribution in [1.82, 2.24) is 10.0 Å². The van der Waals surface area contributed by atoms with Crippen LogP contribution in [-0.2, 0) is 16.4 Å². The SMILES string of the molecule is CNCCCCS(=O)(=O)NCCc1ccccc1OC. The van der Waals surface area contributed by atoms with E-state index in [-0.39, 0.29) is 5.75 Å². The van der Waals surface area contributed by atoms with E-state index in [9.17, 15) is 8.42 Å². The maximum absolute atomic E-state index is 11.8. The molecular weight excluding hydrogens is 276 g/mol. The van der Waals surface area contributed by atoms with Gasteiger partial charge < -0.3 is 10.1 Å². The fraction of sp³-hybridized carbons (Fsp3) is 0.571. The number of benzene rings is 1. The number of nitrogens with one attached hydrogen (secondary N) is 2. The van der Waals surface area contributed by atoms with Gasteiger partial charge in [0.15, 0.2) is 0 Å². The Balaban J connectivity index is 2.35. The van der Waals surface area contributed by atoms with Crippen LogP contribution in [0.2, 0.25) is 0 Å². The monoisotopic (exact) mass is 300 g/mol. The van der Waals surface area contributed by atoms with Crippen molar-refractivity contribution in [2.75, 3.05) is 33.0 Å². The lowest BCUT2D eigenvalue weighted by Gasteiger charge is -2.09. The van der Waals surface area contributed by atoms with Crippen LogP contribution in [0.5, 0.6) is 5.75 Å². The maximum atomic E-state index is 11.8. The van der Waals surface area contributed by atoms with Gasteiger partial charge in [-0.15, -0.1) is 0 Å². The average Bonchev–Trinajstić information content (AvgIpc) is 2.44. The minimum absolute atomic E-state index is 0.181. The number of rotatable bonds is 10. The Morgan fingerprint density at radius 2 is 1.90 bits per heavy atom. The van der Waals surface area contributed by atoms with Crippen molar-refractivity contribution in [3.05, 3.63) is 29.8 Å². The highest BCUT2D eigenvalue weighted by molar-refractivity contribution is 7.89. The molecule has 1 aromatic rings. The first-order chi connectivity index (χ1) is 9.59. The van der Waals surface area contributed by atoms with Gasteiger partial charge >= 0.3 is 0 Å². The molecule has 0 amide bonds. The summed E-state index contributed by atoms with van der Waals surface area (Å²) in [4.78, 5) is 0. The maximum Gasteiger partial charge on any atom is 0.211 e. The summed E-state index contributed by atoms with van der Waals surface area (Å²) in [5, 5.41) is 3.00. The lowest BCUT2D eigenvalue weighted by Crippen LogP contribution is -2.28. The zero-order valence-corrected chi connectivity index (χ0v) is 13.0. The molecule has 0 aliphatic carbocycles. The molecule has 0 spiro atoms. The van der Waals surface area contributed by atoms with Crippen LogP contribution in [0.25, 0.3) is 0 Å². The van der Waals surface area contributed by atoms with Crippen LogP contribution < -0.4 is 14.8 Å². The second kappa shape index (κ2) is 8.94. The number of sulfonamides is 1. The van der Waals surface area contributed by atoms with Crippen molar-refractivity contribution in [2.24, 2.45) is 0 Å². The first kappa shape index (κ1) is 16.9. The van der Waals surface area contributed by atoms with Gasteiger partial charge in [-0.25, -0.2) is 13.1 Å². The summed E-state index contributed by atoms with van der Waals surface area (Å²) < 4.78 is 31.4. The quantitative estimate of drug-likeness (QED) is 0.636. The molecular formula is C14H24N2O3S. The number of para-hydroxylation sites is 1. The molecule has 114 valence electrons. The van der Waals surface area contributed by atoms with Gasteiger partial charge in [0.2, 0.25) is 10.0 Å². The van der Waals surface area contributed by atoms with Crippen LogP contribution >= 0.6 is 0 Å². The highest BCUT2D eigenvalue weighted by Gasteiger charge is 2.09. The number of ether oxygens (including phenoxy) is 1. The smallest absolute Gasteiger partial charge is 0.211 e. The minimum Gasteiger partial charge on any atom is -0.496 e. The Morgan fingerprint density at radius 3 is 2.60 bits per heavy atom. The first-order valence-corrected chi connectivity index (χ1v) is 8.48. The van der Waals surface area contributed by atoms with Gasteiger partial charge in [0.25, 0.3) is 0 Å². The highest BCUT2D eigenvalue weighted by Crippen LogP contribution is 2.17. The van der Waals surface area contributed by atoms with E-state index in [1.807, 2.05) is 31.3 Å². The van der Waals surface area contributed by atoms with Crippen molar-refractivity contribution in [3.8, 4) is 5.75 Å². The summed E-state index contributed by atoms with van der Waals surface area (Å²) in [6.07, 6.45) is 2.16. The molecule has 0 aliphatic rings. The second-order valence-corrected chi connectivity index (χ2v) is 6.51. The summed E-state index contributed by atoms with van der Waals surface area (Å²) in [6, 6.07) is 7.64. The van der Waals surface area contributed by atoms with E-state index in [4.69, 9.17) is 4.74 Å².